The lowest BCUT2D eigenvalue weighted by atomic mass is 10.2. The number of anilines is 1. The molecule has 6 heteroatoms. The van der Waals surface area contributed by atoms with E-state index in [-0.39, 0.29) is 23.5 Å². The van der Waals surface area contributed by atoms with E-state index >= 15 is 0 Å². The summed E-state index contributed by atoms with van der Waals surface area (Å²) in [6, 6.07) is 12.3. The minimum atomic E-state index is -0.367. The van der Waals surface area contributed by atoms with Crippen molar-refractivity contribution in [3.05, 3.63) is 65.5 Å². The van der Waals surface area contributed by atoms with Gasteiger partial charge in [-0.15, -0.1) is 0 Å². The van der Waals surface area contributed by atoms with Crippen LogP contribution in [0.15, 0.2) is 53.6 Å². The molecular formula is C18H16FN3O2. The molecule has 0 saturated heterocycles. The van der Waals surface area contributed by atoms with Crippen molar-refractivity contribution in [2.45, 2.75) is 12.8 Å². The van der Waals surface area contributed by atoms with Crippen molar-refractivity contribution in [2.75, 3.05) is 5.32 Å². The van der Waals surface area contributed by atoms with E-state index in [1.807, 2.05) is 0 Å². The van der Waals surface area contributed by atoms with Gasteiger partial charge in [0.25, 0.3) is 5.91 Å². The van der Waals surface area contributed by atoms with Gasteiger partial charge in [0, 0.05) is 17.2 Å². The number of amides is 2. The Morgan fingerprint density at radius 1 is 1.04 bits per heavy atom. The zero-order valence-electron chi connectivity index (χ0n) is 12.8. The molecule has 1 saturated carbocycles. The summed E-state index contributed by atoms with van der Waals surface area (Å²) in [5.74, 6) is -0.539. The van der Waals surface area contributed by atoms with E-state index in [0.29, 0.717) is 16.8 Å². The van der Waals surface area contributed by atoms with E-state index in [1.54, 1.807) is 36.4 Å². The SMILES string of the molecule is O=C(N/N=C\c1ccc(F)cc1)c1ccc(NC(=O)C2CC2)cc1. The van der Waals surface area contributed by atoms with E-state index in [0.717, 1.165) is 12.8 Å². The number of carbonyl (C=O) groups is 2. The van der Waals surface area contributed by atoms with E-state index < -0.39 is 0 Å². The summed E-state index contributed by atoms with van der Waals surface area (Å²) < 4.78 is 12.8. The van der Waals surface area contributed by atoms with Crippen molar-refractivity contribution in [3.63, 3.8) is 0 Å². The highest BCUT2D eigenvalue weighted by atomic mass is 19.1. The first kappa shape index (κ1) is 15.9. The summed E-state index contributed by atoms with van der Waals surface area (Å²) in [5, 5.41) is 6.64. The Bertz CT molecular complexity index is 766. The fourth-order valence-electron chi connectivity index (χ4n) is 2.07. The lowest BCUT2D eigenvalue weighted by Gasteiger charge is -2.05. The van der Waals surface area contributed by atoms with Crippen LogP contribution in [0.2, 0.25) is 0 Å². The molecule has 1 aliphatic carbocycles. The van der Waals surface area contributed by atoms with Crippen LogP contribution in [0, 0.1) is 11.7 Å². The van der Waals surface area contributed by atoms with Gasteiger partial charge in [-0.25, -0.2) is 9.82 Å². The Morgan fingerprint density at radius 2 is 1.71 bits per heavy atom. The van der Waals surface area contributed by atoms with Crippen LogP contribution in [-0.2, 0) is 4.79 Å². The lowest BCUT2D eigenvalue weighted by Crippen LogP contribution is -2.18. The minimum absolute atomic E-state index is 0.0242. The number of hydrogen-bond acceptors (Lipinski definition) is 3. The Hall–Kier alpha value is -3.02. The predicted molar refractivity (Wildman–Crippen MR) is 89.3 cm³/mol. The summed E-state index contributed by atoms with van der Waals surface area (Å²) in [7, 11) is 0. The Labute approximate surface area is 138 Å². The molecule has 0 bridgehead atoms. The van der Waals surface area contributed by atoms with Crippen LogP contribution in [-0.4, -0.2) is 18.0 Å². The molecule has 2 aromatic carbocycles. The van der Waals surface area contributed by atoms with Crippen molar-refractivity contribution in [2.24, 2.45) is 11.0 Å². The van der Waals surface area contributed by atoms with Gasteiger partial charge in [0.05, 0.1) is 6.21 Å². The van der Waals surface area contributed by atoms with Crippen molar-refractivity contribution in [1.82, 2.24) is 5.43 Å². The largest absolute Gasteiger partial charge is 0.326 e. The van der Waals surface area contributed by atoms with Crippen LogP contribution in [0.4, 0.5) is 10.1 Å². The Balaban J connectivity index is 1.54. The van der Waals surface area contributed by atoms with E-state index in [1.165, 1.54) is 18.3 Å². The average molecular weight is 325 g/mol. The van der Waals surface area contributed by atoms with Crippen molar-refractivity contribution in [1.29, 1.82) is 0 Å². The summed E-state index contributed by atoms with van der Waals surface area (Å²) in [6.45, 7) is 0. The number of nitrogens with zero attached hydrogens (tertiary/aromatic N) is 1. The third-order valence-electron chi connectivity index (χ3n) is 3.61. The molecular weight excluding hydrogens is 309 g/mol. The molecule has 0 spiro atoms. The highest BCUT2D eigenvalue weighted by Crippen LogP contribution is 2.30. The van der Waals surface area contributed by atoms with Gasteiger partial charge in [0.2, 0.25) is 5.91 Å². The molecule has 1 aliphatic rings. The lowest BCUT2D eigenvalue weighted by molar-refractivity contribution is -0.117. The van der Waals surface area contributed by atoms with E-state index in [2.05, 4.69) is 15.8 Å². The van der Waals surface area contributed by atoms with Crippen LogP contribution in [0.3, 0.4) is 0 Å². The van der Waals surface area contributed by atoms with Crippen molar-refractivity contribution < 1.29 is 14.0 Å². The molecule has 2 amide bonds. The predicted octanol–water partition coefficient (Wildman–Crippen LogP) is 2.94. The number of hydrazone groups is 1. The highest BCUT2D eigenvalue weighted by molar-refractivity contribution is 5.97. The topological polar surface area (TPSA) is 70.6 Å². The van der Waals surface area contributed by atoms with Crippen LogP contribution in [0.1, 0.15) is 28.8 Å². The van der Waals surface area contributed by atoms with Gasteiger partial charge in [-0.1, -0.05) is 12.1 Å². The second-order valence-electron chi connectivity index (χ2n) is 5.59. The third-order valence-corrected chi connectivity index (χ3v) is 3.61. The van der Waals surface area contributed by atoms with E-state index in [4.69, 9.17) is 0 Å². The average Bonchev–Trinajstić information content (AvgIpc) is 3.42. The number of carbonyl (C=O) groups excluding carboxylic acids is 2. The maximum atomic E-state index is 12.8. The number of rotatable bonds is 5. The van der Waals surface area contributed by atoms with Gasteiger partial charge in [0.1, 0.15) is 5.82 Å². The van der Waals surface area contributed by atoms with Gasteiger partial charge in [-0.2, -0.15) is 5.10 Å². The molecule has 0 aliphatic heterocycles. The number of nitrogens with one attached hydrogen (secondary N) is 2. The van der Waals surface area contributed by atoms with Gasteiger partial charge in [-0.3, -0.25) is 9.59 Å². The molecule has 1 fully saturated rings. The Morgan fingerprint density at radius 3 is 2.33 bits per heavy atom. The summed E-state index contributed by atoms with van der Waals surface area (Å²) in [4.78, 5) is 23.6. The standard InChI is InChI=1S/C18H16FN3O2/c19-15-7-1-12(2-8-15)11-20-22-18(24)14-5-9-16(10-6-14)21-17(23)13-3-4-13/h1-2,5-11,13H,3-4H2,(H,21,23)(H,22,24)/b20-11-. The fourth-order valence-corrected chi connectivity index (χ4v) is 2.07. The van der Waals surface area contributed by atoms with E-state index in [9.17, 15) is 14.0 Å². The summed E-state index contributed by atoms with van der Waals surface area (Å²) in [6.07, 6.45) is 3.32. The molecule has 0 radical (unpaired) electrons. The molecule has 24 heavy (non-hydrogen) atoms. The van der Waals surface area contributed by atoms with Crippen LogP contribution >= 0.6 is 0 Å². The quantitative estimate of drug-likeness (QED) is 0.655. The van der Waals surface area contributed by atoms with Gasteiger partial charge < -0.3 is 5.32 Å². The molecule has 0 aromatic heterocycles. The molecule has 5 nitrogen and oxygen atoms in total. The van der Waals surface area contributed by atoms with Crippen molar-refractivity contribution >= 4 is 23.7 Å². The second kappa shape index (κ2) is 7.04. The monoisotopic (exact) mass is 325 g/mol. The molecule has 2 aromatic rings. The maximum absolute atomic E-state index is 12.8. The van der Waals surface area contributed by atoms with Gasteiger partial charge >= 0.3 is 0 Å². The molecule has 0 unspecified atom stereocenters. The zero-order chi connectivity index (χ0) is 16.9. The molecule has 2 N–H and O–H groups in total. The number of benzene rings is 2. The molecule has 122 valence electrons. The summed E-state index contributed by atoms with van der Waals surface area (Å²) in [5.41, 5.74) is 4.17. The van der Waals surface area contributed by atoms with Gasteiger partial charge in [-0.05, 0) is 54.8 Å². The molecule has 3 rings (SSSR count). The highest BCUT2D eigenvalue weighted by Gasteiger charge is 2.29. The minimum Gasteiger partial charge on any atom is -0.326 e. The maximum Gasteiger partial charge on any atom is 0.271 e. The second-order valence-corrected chi connectivity index (χ2v) is 5.59. The normalized spacial score (nSPS) is 13.7. The first-order chi connectivity index (χ1) is 11.6. The Kier molecular flexibility index (Phi) is 4.65. The first-order valence-electron chi connectivity index (χ1n) is 7.62. The number of halogens is 1. The van der Waals surface area contributed by atoms with Crippen molar-refractivity contribution in [3.8, 4) is 0 Å². The first-order valence-corrected chi connectivity index (χ1v) is 7.62. The smallest absolute Gasteiger partial charge is 0.271 e. The zero-order valence-corrected chi connectivity index (χ0v) is 12.8. The van der Waals surface area contributed by atoms with Crippen LogP contribution in [0.5, 0.6) is 0 Å². The van der Waals surface area contributed by atoms with Crippen LogP contribution < -0.4 is 10.7 Å². The summed E-state index contributed by atoms with van der Waals surface area (Å²) >= 11 is 0. The number of hydrogen-bond donors (Lipinski definition) is 2. The van der Waals surface area contributed by atoms with Gasteiger partial charge in [0.15, 0.2) is 0 Å². The molecule has 0 atom stereocenters. The van der Waals surface area contributed by atoms with Crippen LogP contribution in [0.25, 0.3) is 0 Å². The molecule has 0 heterocycles. The third kappa shape index (κ3) is 4.25. The fraction of sp³-hybridized carbons (Fsp3) is 0.167.